The molecule has 1 atom stereocenters. The number of rotatable bonds is 6. The molecule has 1 aromatic rings. The highest BCUT2D eigenvalue weighted by atomic mass is 16.5. The van der Waals surface area contributed by atoms with Crippen LogP contribution in [0.25, 0.3) is 0 Å². The Morgan fingerprint density at radius 1 is 1.39 bits per heavy atom. The third kappa shape index (κ3) is 3.24. The van der Waals surface area contributed by atoms with Gasteiger partial charge in [0.1, 0.15) is 5.75 Å². The molecule has 1 fully saturated rings. The lowest BCUT2D eigenvalue weighted by molar-refractivity contribution is 0.105. The molecule has 0 aliphatic heterocycles. The van der Waals surface area contributed by atoms with E-state index >= 15 is 0 Å². The van der Waals surface area contributed by atoms with Crippen molar-refractivity contribution in [1.29, 1.82) is 0 Å². The molecule has 100 valence electrons. The second kappa shape index (κ2) is 6.21. The van der Waals surface area contributed by atoms with E-state index in [1.165, 1.54) is 19.3 Å². The molecule has 3 heteroatoms. The Balaban J connectivity index is 1.91. The molecular weight excluding hydrogens is 226 g/mol. The van der Waals surface area contributed by atoms with Crippen LogP contribution in [-0.4, -0.2) is 37.3 Å². The summed E-state index contributed by atoms with van der Waals surface area (Å²) in [6, 6.07) is 7.69. The average molecular weight is 249 g/mol. The summed E-state index contributed by atoms with van der Waals surface area (Å²) in [4.78, 5) is 2.22. The lowest BCUT2D eigenvalue weighted by Gasteiger charge is -2.31. The van der Waals surface area contributed by atoms with Gasteiger partial charge in [0.15, 0.2) is 0 Å². The molecule has 0 aromatic heterocycles. The van der Waals surface area contributed by atoms with E-state index in [-0.39, 0.29) is 0 Å². The lowest BCUT2D eigenvalue weighted by Crippen LogP contribution is -2.32. The minimum atomic E-state index is -0.480. The normalized spacial score (nSPS) is 17.6. The van der Waals surface area contributed by atoms with Gasteiger partial charge < -0.3 is 14.7 Å². The van der Waals surface area contributed by atoms with Crippen LogP contribution in [-0.2, 0) is 0 Å². The summed E-state index contributed by atoms with van der Waals surface area (Å²) in [7, 11) is 3.72. The van der Waals surface area contributed by atoms with E-state index < -0.39 is 6.10 Å². The summed E-state index contributed by atoms with van der Waals surface area (Å²) < 4.78 is 5.28. The van der Waals surface area contributed by atoms with Crippen molar-refractivity contribution in [3.05, 3.63) is 29.8 Å². The summed E-state index contributed by atoms with van der Waals surface area (Å²) in [6.07, 6.45) is 3.57. The predicted octanol–water partition coefficient (Wildman–Crippen LogP) is 2.46. The number of likely N-dealkylation sites (N-methyl/N-ethyl adjacent to an activating group) is 1. The first-order chi connectivity index (χ1) is 8.70. The van der Waals surface area contributed by atoms with E-state index in [1.54, 1.807) is 7.11 Å². The topological polar surface area (TPSA) is 32.7 Å². The highest BCUT2D eigenvalue weighted by Gasteiger charge is 2.21. The summed E-state index contributed by atoms with van der Waals surface area (Å²) in [5.41, 5.74) is 0.875. The Morgan fingerprint density at radius 2 is 2.11 bits per heavy atom. The van der Waals surface area contributed by atoms with Crippen molar-refractivity contribution in [2.45, 2.75) is 25.4 Å². The Morgan fingerprint density at radius 3 is 2.72 bits per heavy atom. The van der Waals surface area contributed by atoms with Gasteiger partial charge in [-0.1, -0.05) is 24.6 Å². The number of methoxy groups -OCH3 is 1. The Bertz CT molecular complexity index is 377. The number of aliphatic hydroxyl groups is 1. The number of hydrogen-bond acceptors (Lipinski definition) is 3. The molecule has 1 aliphatic carbocycles. The molecule has 1 aliphatic rings. The molecule has 18 heavy (non-hydrogen) atoms. The van der Waals surface area contributed by atoms with Crippen molar-refractivity contribution in [3.63, 3.8) is 0 Å². The standard InChI is InChI=1S/C15H23NO2/c1-16(10-12-6-5-7-12)11-14(17)13-8-3-4-9-15(13)18-2/h3-4,8-9,12,14,17H,5-7,10-11H2,1-2H3. The first-order valence-corrected chi connectivity index (χ1v) is 6.70. The molecule has 1 unspecified atom stereocenters. The Labute approximate surface area is 109 Å². The van der Waals surface area contributed by atoms with Gasteiger partial charge in [0, 0.05) is 18.7 Å². The van der Waals surface area contributed by atoms with Gasteiger partial charge in [-0.15, -0.1) is 0 Å². The smallest absolute Gasteiger partial charge is 0.124 e. The monoisotopic (exact) mass is 249 g/mol. The van der Waals surface area contributed by atoms with E-state index in [0.29, 0.717) is 6.54 Å². The predicted molar refractivity (Wildman–Crippen MR) is 72.8 cm³/mol. The summed E-state index contributed by atoms with van der Waals surface area (Å²) in [5, 5.41) is 10.3. The Hall–Kier alpha value is -1.06. The first-order valence-electron chi connectivity index (χ1n) is 6.70. The lowest BCUT2D eigenvalue weighted by atomic mass is 9.85. The second-order valence-corrected chi connectivity index (χ2v) is 5.28. The first kappa shape index (κ1) is 13.4. The fourth-order valence-electron chi connectivity index (χ4n) is 2.53. The van der Waals surface area contributed by atoms with Gasteiger partial charge in [-0.3, -0.25) is 0 Å². The van der Waals surface area contributed by atoms with E-state index in [0.717, 1.165) is 23.8 Å². The number of aliphatic hydroxyl groups excluding tert-OH is 1. The maximum Gasteiger partial charge on any atom is 0.124 e. The molecule has 1 saturated carbocycles. The van der Waals surface area contributed by atoms with Crippen molar-refractivity contribution in [3.8, 4) is 5.75 Å². The molecule has 0 saturated heterocycles. The van der Waals surface area contributed by atoms with Crippen LogP contribution in [0.2, 0.25) is 0 Å². The zero-order chi connectivity index (χ0) is 13.0. The van der Waals surface area contributed by atoms with Gasteiger partial charge in [-0.05, 0) is 31.9 Å². The van der Waals surface area contributed by atoms with E-state index in [9.17, 15) is 5.11 Å². The average Bonchev–Trinajstić information content (AvgIpc) is 2.33. The van der Waals surface area contributed by atoms with E-state index in [4.69, 9.17) is 4.74 Å². The minimum Gasteiger partial charge on any atom is -0.496 e. The van der Waals surface area contributed by atoms with Crippen molar-refractivity contribution < 1.29 is 9.84 Å². The van der Waals surface area contributed by atoms with Crippen LogP contribution in [0.3, 0.4) is 0 Å². The van der Waals surface area contributed by atoms with Gasteiger partial charge in [-0.2, -0.15) is 0 Å². The van der Waals surface area contributed by atoms with Crippen LogP contribution in [0.4, 0.5) is 0 Å². The van der Waals surface area contributed by atoms with Gasteiger partial charge in [0.05, 0.1) is 13.2 Å². The van der Waals surface area contributed by atoms with Crippen LogP contribution in [0.1, 0.15) is 30.9 Å². The molecule has 0 spiro atoms. The highest BCUT2D eigenvalue weighted by Crippen LogP contribution is 2.28. The second-order valence-electron chi connectivity index (χ2n) is 5.28. The van der Waals surface area contributed by atoms with Crippen molar-refractivity contribution in [2.24, 2.45) is 5.92 Å². The minimum absolute atomic E-state index is 0.480. The van der Waals surface area contributed by atoms with Crippen LogP contribution in [0.5, 0.6) is 5.75 Å². The quantitative estimate of drug-likeness (QED) is 0.840. The molecule has 3 nitrogen and oxygen atoms in total. The molecular formula is C15H23NO2. The number of benzene rings is 1. The van der Waals surface area contributed by atoms with Crippen molar-refractivity contribution >= 4 is 0 Å². The number of hydrogen-bond donors (Lipinski definition) is 1. The highest BCUT2D eigenvalue weighted by molar-refractivity contribution is 5.35. The number of nitrogens with zero attached hydrogens (tertiary/aromatic N) is 1. The number of ether oxygens (including phenoxy) is 1. The summed E-state index contributed by atoms with van der Waals surface area (Å²) >= 11 is 0. The zero-order valence-corrected chi connectivity index (χ0v) is 11.3. The van der Waals surface area contributed by atoms with Crippen molar-refractivity contribution in [1.82, 2.24) is 4.90 Å². The van der Waals surface area contributed by atoms with Gasteiger partial charge in [0.25, 0.3) is 0 Å². The maximum absolute atomic E-state index is 10.3. The van der Waals surface area contributed by atoms with Gasteiger partial charge in [-0.25, -0.2) is 0 Å². The molecule has 0 bridgehead atoms. The third-order valence-corrected chi connectivity index (χ3v) is 3.78. The molecule has 0 radical (unpaired) electrons. The third-order valence-electron chi connectivity index (χ3n) is 3.78. The van der Waals surface area contributed by atoms with Gasteiger partial charge in [0.2, 0.25) is 0 Å². The van der Waals surface area contributed by atoms with Crippen molar-refractivity contribution in [2.75, 3.05) is 27.2 Å². The van der Waals surface area contributed by atoms with Crippen LogP contribution >= 0.6 is 0 Å². The van der Waals surface area contributed by atoms with Crippen LogP contribution in [0.15, 0.2) is 24.3 Å². The zero-order valence-electron chi connectivity index (χ0n) is 11.3. The number of para-hydroxylation sites is 1. The Kier molecular flexibility index (Phi) is 4.61. The van der Waals surface area contributed by atoms with Crippen LogP contribution < -0.4 is 4.74 Å². The fraction of sp³-hybridized carbons (Fsp3) is 0.600. The van der Waals surface area contributed by atoms with E-state index in [2.05, 4.69) is 11.9 Å². The van der Waals surface area contributed by atoms with Gasteiger partial charge >= 0.3 is 0 Å². The molecule has 2 rings (SSSR count). The summed E-state index contributed by atoms with van der Waals surface area (Å²) in [6.45, 7) is 1.75. The maximum atomic E-state index is 10.3. The fourth-order valence-corrected chi connectivity index (χ4v) is 2.53. The molecule has 1 N–H and O–H groups in total. The largest absolute Gasteiger partial charge is 0.496 e. The van der Waals surface area contributed by atoms with Crippen LogP contribution in [0, 0.1) is 5.92 Å². The molecule has 0 amide bonds. The molecule has 1 aromatic carbocycles. The van der Waals surface area contributed by atoms with E-state index in [1.807, 2.05) is 24.3 Å². The SMILES string of the molecule is COc1ccccc1C(O)CN(C)CC1CCC1. The molecule has 0 heterocycles. The summed E-state index contributed by atoms with van der Waals surface area (Å²) in [5.74, 6) is 1.60.